The summed E-state index contributed by atoms with van der Waals surface area (Å²) in [5, 5.41) is 7.07. The minimum Gasteiger partial charge on any atom is -0.338 e. The Bertz CT molecular complexity index is 275. The molecule has 1 N–H and O–H groups in total. The summed E-state index contributed by atoms with van der Waals surface area (Å²) >= 11 is 0. The van der Waals surface area contributed by atoms with Gasteiger partial charge in [0.15, 0.2) is 5.82 Å². The van der Waals surface area contributed by atoms with Gasteiger partial charge in [0.1, 0.15) is 0 Å². The molecule has 0 fully saturated rings. The molecule has 1 aromatic heterocycles. The van der Waals surface area contributed by atoms with Crippen molar-refractivity contribution >= 4 is 0 Å². The molecule has 1 aromatic rings. The Hall–Kier alpha value is -0.900. The van der Waals surface area contributed by atoms with Crippen LogP contribution in [0.5, 0.6) is 0 Å². The van der Waals surface area contributed by atoms with Gasteiger partial charge in [0.2, 0.25) is 5.89 Å². The molecular formula is C10H19N3O. The first-order valence-corrected chi connectivity index (χ1v) is 5.03. The van der Waals surface area contributed by atoms with Gasteiger partial charge in [0.05, 0.1) is 6.54 Å². The van der Waals surface area contributed by atoms with Crippen molar-refractivity contribution in [1.29, 1.82) is 0 Å². The molecule has 0 saturated heterocycles. The van der Waals surface area contributed by atoms with E-state index in [0.717, 1.165) is 18.8 Å². The molecule has 0 aliphatic rings. The van der Waals surface area contributed by atoms with Crippen molar-refractivity contribution in [2.24, 2.45) is 5.41 Å². The maximum atomic E-state index is 5.09. The van der Waals surface area contributed by atoms with Crippen molar-refractivity contribution in [1.82, 2.24) is 15.5 Å². The number of hydrogen-bond donors (Lipinski definition) is 1. The number of hydrogen-bond acceptors (Lipinski definition) is 4. The summed E-state index contributed by atoms with van der Waals surface area (Å²) in [5.74, 6) is 1.47. The van der Waals surface area contributed by atoms with Crippen LogP contribution in [0.15, 0.2) is 4.52 Å². The van der Waals surface area contributed by atoms with E-state index in [1.54, 1.807) is 0 Å². The summed E-state index contributed by atoms with van der Waals surface area (Å²) < 4.78 is 5.09. The molecule has 14 heavy (non-hydrogen) atoms. The van der Waals surface area contributed by atoms with Crippen LogP contribution in [0, 0.1) is 5.41 Å². The normalized spacial score (nSPS) is 12.0. The summed E-state index contributed by atoms with van der Waals surface area (Å²) in [6.45, 7) is 10.1. The molecule has 0 unspecified atom stereocenters. The fraction of sp³-hybridized carbons (Fsp3) is 0.800. The highest BCUT2D eigenvalue weighted by atomic mass is 16.5. The van der Waals surface area contributed by atoms with E-state index in [9.17, 15) is 0 Å². The van der Waals surface area contributed by atoms with Gasteiger partial charge in [-0.15, -0.1) is 0 Å². The van der Waals surface area contributed by atoms with Gasteiger partial charge in [-0.25, -0.2) is 0 Å². The second-order valence-corrected chi connectivity index (χ2v) is 4.62. The first-order valence-electron chi connectivity index (χ1n) is 5.03. The van der Waals surface area contributed by atoms with Gasteiger partial charge in [-0.05, 0) is 12.0 Å². The van der Waals surface area contributed by atoms with Crippen molar-refractivity contribution in [3.8, 4) is 0 Å². The maximum Gasteiger partial charge on any atom is 0.240 e. The van der Waals surface area contributed by atoms with E-state index in [1.807, 2.05) is 6.92 Å². The lowest BCUT2D eigenvalue weighted by Gasteiger charge is -2.14. The number of aromatic nitrogens is 2. The van der Waals surface area contributed by atoms with Crippen LogP contribution in [-0.2, 0) is 13.0 Å². The van der Waals surface area contributed by atoms with E-state index in [-0.39, 0.29) is 5.41 Å². The molecule has 0 amide bonds. The monoisotopic (exact) mass is 197 g/mol. The second-order valence-electron chi connectivity index (χ2n) is 4.62. The predicted octanol–water partition coefficient (Wildman–Crippen LogP) is 1.77. The fourth-order valence-electron chi connectivity index (χ4n) is 1.14. The molecule has 1 rings (SSSR count). The van der Waals surface area contributed by atoms with E-state index in [1.165, 1.54) is 0 Å². The Morgan fingerprint density at radius 1 is 1.36 bits per heavy atom. The molecule has 0 saturated carbocycles. The Kier molecular flexibility index (Phi) is 3.63. The molecule has 4 nitrogen and oxygen atoms in total. The van der Waals surface area contributed by atoms with Gasteiger partial charge in [-0.3, -0.25) is 0 Å². The number of rotatable bonds is 4. The van der Waals surface area contributed by atoms with Crippen molar-refractivity contribution in [3.63, 3.8) is 0 Å². The summed E-state index contributed by atoms with van der Waals surface area (Å²) in [4.78, 5) is 4.29. The molecule has 4 heteroatoms. The first-order chi connectivity index (χ1) is 6.51. The van der Waals surface area contributed by atoms with Gasteiger partial charge < -0.3 is 9.84 Å². The maximum absolute atomic E-state index is 5.09. The van der Waals surface area contributed by atoms with Gasteiger partial charge in [0.25, 0.3) is 0 Å². The molecule has 0 spiro atoms. The molecule has 0 aromatic carbocycles. The highest BCUT2D eigenvalue weighted by Gasteiger charge is 2.15. The van der Waals surface area contributed by atoms with Crippen molar-refractivity contribution in [2.45, 2.75) is 40.7 Å². The SMILES string of the molecule is CCNCc1nc(CC(C)(C)C)no1. The van der Waals surface area contributed by atoms with Crippen LogP contribution in [-0.4, -0.2) is 16.7 Å². The van der Waals surface area contributed by atoms with Gasteiger partial charge in [-0.1, -0.05) is 32.9 Å². The molecule has 0 aliphatic heterocycles. The van der Waals surface area contributed by atoms with Crippen LogP contribution in [0.4, 0.5) is 0 Å². The smallest absolute Gasteiger partial charge is 0.240 e. The highest BCUT2D eigenvalue weighted by molar-refractivity contribution is 4.89. The zero-order valence-corrected chi connectivity index (χ0v) is 9.42. The van der Waals surface area contributed by atoms with Crippen LogP contribution in [0.2, 0.25) is 0 Å². The average molecular weight is 197 g/mol. The van der Waals surface area contributed by atoms with Gasteiger partial charge in [0, 0.05) is 6.42 Å². The zero-order valence-electron chi connectivity index (χ0n) is 9.42. The first kappa shape index (κ1) is 11.2. The Balaban J connectivity index is 2.51. The van der Waals surface area contributed by atoms with Crippen LogP contribution < -0.4 is 5.32 Å². The van der Waals surface area contributed by atoms with E-state index in [0.29, 0.717) is 12.4 Å². The Morgan fingerprint density at radius 3 is 2.64 bits per heavy atom. The van der Waals surface area contributed by atoms with E-state index >= 15 is 0 Å². The third kappa shape index (κ3) is 3.87. The lowest BCUT2D eigenvalue weighted by Crippen LogP contribution is -2.13. The molecule has 0 atom stereocenters. The summed E-state index contributed by atoms with van der Waals surface area (Å²) in [6.07, 6.45) is 0.850. The van der Waals surface area contributed by atoms with E-state index in [4.69, 9.17) is 4.52 Å². The fourth-order valence-corrected chi connectivity index (χ4v) is 1.14. The zero-order chi connectivity index (χ0) is 10.6. The number of nitrogens with one attached hydrogen (secondary N) is 1. The van der Waals surface area contributed by atoms with Gasteiger partial charge >= 0.3 is 0 Å². The van der Waals surface area contributed by atoms with Gasteiger partial charge in [-0.2, -0.15) is 4.98 Å². The molecule has 1 heterocycles. The van der Waals surface area contributed by atoms with Crippen molar-refractivity contribution in [2.75, 3.05) is 6.54 Å². The summed E-state index contributed by atoms with van der Waals surface area (Å²) in [5.41, 5.74) is 0.208. The van der Waals surface area contributed by atoms with Crippen LogP contribution in [0.3, 0.4) is 0 Å². The average Bonchev–Trinajstić information content (AvgIpc) is 2.46. The Morgan fingerprint density at radius 2 is 2.07 bits per heavy atom. The van der Waals surface area contributed by atoms with E-state index in [2.05, 4.69) is 36.2 Å². The van der Waals surface area contributed by atoms with Crippen LogP contribution in [0.25, 0.3) is 0 Å². The van der Waals surface area contributed by atoms with Crippen LogP contribution in [0.1, 0.15) is 39.4 Å². The molecule has 80 valence electrons. The summed E-state index contributed by atoms with van der Waals surface area (Å²) in [6, 6.07) is 0. The minimum atomic E-state index is 0.208. The largest absolute Gasteiger partial charge is 0.338 e. The third-order valence-electron chi connectivity index (χ3n) is 1.72. The molecule has 0 aliphatic carbocycles. The highest BCUT2D eigenvalue weighted by Crippen LogP contribution is 2.18. The topological polar surface area (TPSA) is 51.0 Å². The minimum absolute atomic E-state index is 0.208. The standard InChI is InChI=1S/C10H19N3O/c1-5-11-7-9-12-8(13-14-9)6-10(2,3)4/h11H,5-7H2,1-4H3. The van der Waals surface area contributed by atoms with Crippen molar-refractivity contribution in [3.05, 3.63) is 11.7 Å². The molecule has 0 radical (unpaired) electrons. The molecule has 0 bridgehead atoms. The second kappa shape index (κ2) is 4.55. The van der Waals surface area contributed by atoms with E-state index < -0.39 is 0 Å². The summed E-state index contributed by atoms with van der Waals surface area (Å²) in [7, 11) is 0. The van der Waals surface area contributed by atoms with Crippen molar-refractivity contribution < 1.29 is 4.52 Å². The lowest BCUT2D eigenvalue weighted by atomic mass is 9.92. The molecular weight excluding hydrogens is 178 g/mol. The van der Waals surface area contributed by atoms with Crippen LogP contribution >= 0.6 is 0 Å². The Labute approximate surface area is 85.1 Å². The lowest BCUT2D eigenvalue weighted by molar-refractivity contribution is 0.349. The predicted molar refractivity (Wildman–Crippen MR) is 54.8 cm³/mol. The quantitative estimate of drug-likeness (QED) is 0.799. The third-order valence-corrected chi connectivity index (χ3v) is 1.72. The number of nitrogens with zero attached hydrogens (tertiary/aromatic N) is 2.